The lowest BCUT2D eigenvalue weighted by atomic mass is 10.0. The van der Waals surface area contributed by atoms with Gasteiger partial charge in [0.15, 0.2) is 11.5 Å². The van der Waals surface area contributed by atoms with Crippen LogP contribution in [-0.2, 0) is 0 Å². The van der Waals surface area contributed by atoms with Gasteiger partial charge < -0.3 is 19.1 Å². The smallest absolute Gasteiger partial charge is 0.415 e. The van der Waals surface area contributed by atoms with E-state index in [4.69, 9.17) is 14.2 Å². The molecular weight excluding hydrogens is 306 g/mol. The fraction of sp³-hybridized carbons (Fsp3) is 0.316. The lowest BCUT2D eigenvalue weighted by molar-refractivity contribution is 0.156. The maximum Gasteiger partial charge on any atom is 0.415 e. The van der Waals surface area contributed by atoms with E-state index in [1.54, 1.807) is 25.2 Å². The first-order valence-corrected chi connectivity index (χ1v) is 7.92. The van der Waals surface area contributed by atoms with Gasteiger partial charge >= 0.3 is 6.09 Å². The lowest BCUT2D eigenvalue weighted by Crippen LogP contribution is -2.33. The maximum atomic E-state index is 12.4. The van der Waals surface area contributed by atoms with Crippen molar-refractivity contribution >= 4 is 6.09 Å². The van der Waals surface area contributed by atoms with Crippen molar-refractivity contribution in [3.8, 4) is 28.4 Å². The highest BCUT2D eigenvalue weighted by atomic mass is 16.6. The highest BCUT2D eigenvalue weighted by Gasteiger charge is 2.19. The van der Waals surface area contributed by atoms with Gasteiger partial charge in [0.05, 0.1) is 14.2 Å². The molecule has 128 valence electrons. The molecule has 0 aromatic heterocycles. The van der Waals surface area contributed by atoms with Crippen molar-refractivity contribution in [2.75, 3.05) is 27.3 Å². The zero-order chi connectivity index (χ0) is 17.5. The van der Waals surface area contributed by atoms with Gasteiger partial charge in [-0.2, -0.15) is 0 Å². The van der Waals surface area contributed by atoms with Gasteiger partial charge in [0, 0.05) is 18.7 Å². The van der Waals surface area contributed by atoms with Crippen LogP contribution in [0.5, 0.6) is 17.2 Å². The van der Waals surface area contributed by atoms with Crippen LogP contribution in [0.1, 0.15) is 13.8 Å². The largest absolute Gasteiger partial charge is 0.497 e. The monoisotopic (exact) mass is 329 g/mol. The molecule has 0 atom stereocenters. The number of carbonyl (C=O) groups is 1. The first-order valence-electron chi connectivity index (χ1n) is 7.92. The number of amides is 1. The standard InChI is InChI=1S/C19H23NO4/c1-5-20(6-2)19(21)24-18-16(11-8-12-17(18)23-4)14-9-7-10-15(13-14)22-3/h7-13H,5-6H2,1-4H3. The number of benzene rings is 2. The van der Waals surface area contributed by atoms with E-state index < -0.39 is 6.09 Å². The fourth-order valence-electron chi connectivity index (χ4n) is 2.43. The minimum absolute atomic E-state index is 0.395. The second-order valence-corrected chi connectivity index (χ2v) is 5.11. The van der Waals surface area contributed by atoms with Gasteiger partial charge in [0.2, 0.25) is 0 Å². The van der Waals surface area contributed by atoms with Crippen LogP contribution in [0.3, 0.4) is 0 Å². The zero-order valence-electron chi connectivity index (χ0n) is 14.5. The Bertz CT molecular complexity index is 696. The number of hydrogen-bond donors (Lipinski definition) is 0. The molecule has 0 radical (unpaired) electrons. The van der Waals surface area contributed by atoms with E-state index >= 15 is 0 Å². The number of rotatable bonds is 6. The number of carbonyl (C=O) groups excluding carboxylic acids is 1. The van der Waals surface area contributed by atoms with E-state index in [0.717, 1.165) is 16.9 Å². The van der Waals surface area contributed by atoms with Gasteiger partial charge in [-0.05, 0) is 37.6 Å². The molecule has 0 aliphatic rings. The van der Waals surface area contributed by atoms with Crippen molar-refractivity contribution < 1.29 is 19.0 Å². The number of nitrogens with zero attached hydrogens (tertiary/aromatic N) is 1. The molecule has 5 heteroatoms. The predicted octanol–water partition coefficient (Wildman–Crippen LogP) is 4.21. The highest BCUT2D eigenvalue weighted by Crippen LogP contribution is 2.39. The van der Waals surface area contributed by atoms with Gasteiger partial charge in [-0.15, -0.1) is 0 Å². The second kappa shape index (κ2) is 8.24. The lowest BCUT2D eigenvalue weighted by Gasteiger charge is -2.20. The molecule has 1 amide bonds. The Kier molecular flexibility index (Phi) is 6.07. The Morgan fingerprint density at radius 2 is 1.71 bits per heavy atom. The van der Waals surface area contributed by atoms with Gasteiger partial charge in [0.1, 0.15) is 5.75 Å². The molecular formula is C19H23NO4. The Morgan fingerprint density at radius 1 is 1.00 bits per heavy atom. The molecule has 0 bridgehead atoms. The molecule has 2 aromatic rings. The summed E-state index contributed by atoms with van der Waals surface area (Å²) in [5, 5.41) is 0. The SMILES string of the molecule is CCN(CC)C(=O)Oc1c(OC)cccc1-c1cccc(OC)c1. The number of ether oxygens (including phenoxy) is 3. The number of hydrogen-bond acceptors (Lipinski definition) is 4. The van der Waals surface area contributed by atoms with E-state index in [9.17, 15) is 4.79 Å². The van der Waals surface area contributed by atoms with Crippen LogP contribution in [0.25, 0.3) is 11.1 Å². The minimum Gasteiger partial charge on any atom is -0.497 e. The molecule has 24 heavy (non-hydrogen) atoms. The Balaban J connectivity index is 2.47. The Hall–Kier alpha value is -2.69. The number of methoxy groups -OCH3 is 2. The van der Waals surface area contributed by atoms with Crippen LogP contribution in [-0.4, -0.2) is 38.3 Å². The normalized spacial score (nSPS) is 10.2. The topological polar surface area (TPSA) is 48.0 Å². The molecule has 0 fully saturated rings. The van der Waals surface area contributed by atoms with Crippen LogP contribution >= 0.6 is 0 Å². The summed E-state index contributed by atoms with van der Waals surface area (Å²) in [4.78, 5) is 14.0. The third-order valence-electron chi connectivity index (χ3n) is 3.79. The molecule has 5 nitrogen and oxygen atoms in total. The molecule has 0 saturated heterocycles. The highest BCUT2D eigenvalue weighted by molar-refractivity contribution is 5.80. The summed E-state index contributed by atoms with van der Waals surface area (Å²) in [6, 6.07) is 13.1. The average Bonchev–Trinajstić information content (AvgIpc) is 2.63. The Labute approximate surface area is 142 Å². The maximum absolute atomic E-state index is 12.4. The van der Waals surface area contributed by atoms with Crippen molar-refractivity contribution in [3.05, 3.63) is 42.5 Å². The molecule has 0 aliphatic carbocycles. The quantitative estimate of drug-likeness (QED) is 0.796. The van der Waals surface area contributed by atoms with Crippen molar-refractivity contribution in [1.29, 1.82) is 0 Å². The summed E-state index contributed by atoms with van der Waals surface area (Å²) in [7, 11) is 3.17. The molecule has 0 unspecified atom stereocenters. The average molecular weight is 329 g/mol. The summed E-state index contributed by atoms with van der Waals surface area (Å²) < 4.78 is 16.3. The van der Waals surface area contributed by atoms with Gasteiger partial charge in [0.25, 0.3) is 0 Å². The molecule has 2 rings (SSSR count). The summed E-state index contributed by atoms with van der Waals surface area (Å²) >= 11 is 0. The summed E-state index contributed by atoms with van der Waals surface area (Å²) in [5.41, 5.74) is 1.66. The van der Waals surface area contributed by atoms with Crippen LogP contribution < -0.4 is 14.2 Å². The van der Waals surface area contributed by atoms with Crippen molar-refractivity contribution in [3.63, 3.8) is 0 Å². The summed E-state index contributed by atoms with van der Waals surface area (Å²) in [5.74, 6) is 1.65. The van der Waals surface area contributed by atoms with E-state index in [-0.39, 0.29) is 0 Å². The molecule has 0 heterocycles. The van der Waals surface area contributed by atoms with E-state index in [0.29, 0.717) is 24.6 Å². The summed E-state index contributed by atoms with van der Waals surface area (Å²) in [6.07, 6.45) is -0.395. The van der Waals surface area contributed by atoms with Gasteiger partial charge in [-0.1, -0.05) is 24.3 Å². The first-order chi connectivity index (χ1) is 11.6. The molecule has 0 N–H and O–H groups in total. The number of para-hydroxylation sites is 1. The zero-order valence-corrected chi connectivity index (χ0v) is 14.5. The third-order valence-corrected chi connectivity index (χ3v) is 3.79. The van der Waals surface area contributed by atoms with E-state index in [1.165, 1.54) is 0 Å². The fourth-order valence-corrected chi connectivity index (χ4v) is 2.43. The predicted molar refractivity (Wildman–Crippen MR) is 93.9 cm³/mol. The molecule has 0 aliphatic heterocycles. The summed E-state index contributed by atoms with van der Waals surface area (Å²) in [6.45, 7) is 4.99. The third kappa shape index (κ3) is 3.79. The van der Waals surface area contributed by atoms with Crippen LogP contribution in [0, 0.1) is 0 Å². The van der Waals surface area contributed by atoms with E-state index in [2.05, 4.69) is 0 Å². The molecule has 0 saturated carbocycles. The minimum atomic E-state index is -0.395. The molecule has 0 spiro atoms. The van der Waals surface area contributed by atoms with Gasteiger partial charge in [-0.3, -0.25) is 0 Å². The van der Waals surface area contributed by atoms with Crippen LogP contribution in [0.4, 0.5) is 4.79 Å². The second-order valence-electron chi connectivity index (χ2n) is 5.11. The van der Waals surface area contributed by atoms with Crippen LogP contribution in [0.2, 0.25) is 0 Å². The van der Waals surface area contributed by atoms with E-state index in [1.807, 2.05) is 50.2 Å². The van der Waals surface area contributed by atoms with Crippen LogP contribution in [0.15, 0.2) is 42.5 Å². The van der Waals surface area contributed by atoms with Crippen molar-refractivity contribution in [1.82, 2.24) is 4.90 Å². The van der Waals surface area contributed by atoms with Crippen molar-refractivity contribution in [2.24, 2.45) is 0 Å². The Morgan fingerprint density at radius 3 is 2.33 bits per heavy atom. The van der Waals surface area contributed by atoms with Crippen molar-refractivity contribution in [2.45, 2.75) is 13.8 Å². The van der Waals surface area contributed by atoms with Gasteiger partial charge in [-0.25, -0.2) is 4.79 Å². The molecule has 2 aromatic carbocycles. The first kappa shape index (κ1) is 17.7.